The highest BCUT2D eigenvalue weighted by atomic mass is 16.2. The van der Waals surface area contributed by atoms with E-state index >= 15 is 0 Å². The zero-order valence-electron chi connectivity index (χ0n) is 17.0. The van der Waals surface area contributed by atoms with Gasteiger partial charge in [-0.15, -0.1) is 0 Å². The van der Waals surface area contributed by atoms with Crippen molar-refractivity contribution in [2.24, 2.45) is 34.5 Å². The van der Waals surface area contributed by atoms with E-state index in [9.17, 15) is 9.59 Å². The molecule has 0 aromatic heterocycles. The van der Waals surface area contributed by atoms with Gasteiger partial charge in [-0.1, -0.05) is 19.9 Å². The van der Waals surface area contributed by atoms with Gasteiger partial charge in [0.1, 0.15) is 0 Å². The molecule has 1 heterocycles. The molecule has 0 spiro atoms. The Bertz CT molecular complexity index is 698. The molecule has 0 unspecified atom stereocenters. The van der Waals surface area contributed by atoms with Crippen molar-refractivity contribution in [3.63, 3.8) is 0 Å². The standard InChI is InChI=1S/C23H34N2O2/c1-22-12-10-17-15(6-9-19-23(17,2)13-11-20(26)25(19)3)16(22)7-8-18(22)24-21(27)14-4-5-14/h11,13-19H,4-10,12H2,1-3H3,(H,24,27)/t15-,16-,17-,18-,19+,22-,23+/m0/s1. The van der Waals surface area contributed by atoms with Crippen molar-refractivity contribution in [1.82, 2.24) is 10.2 Å². The van der Waals surface area contributed by atoms with Crippen LogP contribution in [0.3, 0.4) is 0 Å². The monoisotopic (exact) mass is 370 g/mol. The van der Waals surface area contributed by atoms with Gasteiger partial charge in [-0.05, 0) is 80.6 Å². The minimum Gasteiger partial charge on any atom is -0.353 e. The van der Waals surface area contributed by atoms with Crippen molar-refractivity contribution < 1.29 is 9.59 Å². The topological polar surface area (TPSA) is 49.4 Å². The largest absolute Gasteiger partial charge is 0.353 e. The number of hydrogen-bond acceptors (Lipinski definition) is 2. The lowest BCUT2D eigenvalue weighted by molar-refractivity contribution is -0.138. The third-order valence-electron chi connectivity index (χ3n) is 9.39. The predicted molar refractivity (Wildman–Crippen MR) is 105 cm³/mol. The molecule has 4 aliphatic carbocycles. The maximum atomic E-state index is 12.4. The van der Waals surface area contributed by atoms with Gasteiger partial charge >= 0.3 is 0 Å². The second kappa shape index (κ2) is 5.84. The zero-order chi connectivity index (χ0) is 19.0. The quantitative estimate of drug-likeness (QED) is 0.808. The highest BCUT2D eigenvalue weighted by Crippen LogP contribution is 2.63. The Labute approximate surface area is 163 Å². The molecule has 0 radical (unpaired) electrons. The van der Waals surface area contributed by atoms with E-state index in [0.717, 1.165) is 37.5 Å². The Hall–Kier alpha value is -1.32. The van der Waals surface area contributed by atoms with Crippen LogP contribution in [-0.4, -0.2) is 35.8 Å². The first kappa shape index (κ1) is 17.8. The molecule has 148 valence electrons. The number of nitrogens with zero attached hydrogens (tertiary/aromatic N) is 1. The van der Waals surface area contributed by atoms with Gasteiger partial charge in [0, 0.05) is 30.5 Å². The van der Waals surface area contributed by atoms with Gasteiger partial charge in [-0.3, -0.25) is 9.59 Å². The van der Waals surface area contributed by atoms with E-state index in [1.807, 2.05) is 18.0 Å². The Morgan fingerprint density at radius 3 is 2.59 bits per heavy atom. The van der Waals surface area contributed by atoms with Crippen molar-refractivity contribution in [2.45, 2.75) is 77.3 Å². The first-order valence-corrected chi connectivity index (χ1v) is 11.1. The predicted octanol–water partition coefficient (Wildman–Crippen LogP) is 3.52. The van der Waals surface area contributed by atoms with Gasteiger partial charge < -0.3 is 10.2 Å². The molecular formula is C23H34N2O2. The highest BCUT2D eigenvalue weighted by molar-refractivity contribution is 5.89. The molecule has 1 N–H and O–H groups in total. The maximum Gasteiger partial charge on any atom is 0.246 e. The number of rotatable bonds is 2. The summed E-state index contributed by atoms with van der Waals surface area (Å²) in [5.41, 5.74) is 0.372. The van der Waals surface area contributed by atoms with Gasteiger partial charge in [0.25, 0.3) is 0 Å². The number of amides is 2. The highest BCUT2D eigenvalue weighted by Gasteiger charge is 2.60. The van der Waals surface area contributed by atoms with Gasteiger partial charge in [-0.2, -0.15) is 0 Å². The molecule has 2 amide bonds. The fourth-order valence-corrected chi connectivity index (χ4v) is 7.61. The fourth-order valence-electron chi connectivity index (χ4n) is 7.61. The summed E-state index contributed by atoms with van der Waals surface area (Å²) in [7, 11) is 1.99. The second-order valence-corrected chi connectivity index (χ2v) is 10.6. The summed E-state index contributed by atoms with van der Waals surface area (Å²) < 4.78 is 0. The first-order valence-electron chi connectivity index (χ1n) is 11.1. The van der Waals surface area contributed by atoms with E-state index in [1.165, 1.54) is 25.7 Å². The maximum absolute atomic E-state index is 12.4. The van der Waals surface area contributed by atoms with Gasteiger partial charge in [0.2, 0.25) is 11.8 Å². The summed E-state index contributed by atoms with van der Waals surface area (Å²) in [4.78, 5) is 26.6. The van der Waals surface area contributed by atoms with Crippen LogP contribution in [0, 0.1) is 34.5 Å². The van der Waals surface area contributed by atoms with Crippen LogP contribution in [0.2, 0.25) is 0 Å². The van der Waals surface area contributed by atoms with Crippen LogP contribution >= 0.6 is 0 Å². The molecule has 0 saturated heterocycles. The fraction of sp³-hybridized carbons (Fsp3) is 0.826. The summed E-state index contributed by atoms with van der Waals surface area (Å²) in [5.74, 6) is 2.90. The summed E-state index contributed by atoms with van der Waals surface area (Å²) in [6.07, 6.45) is 13.4. The number of carbonyl (C=O) groups excluding carboxylic acids is 2. The van der Waals surface area contributed by atoms with Crippen LogP contribution in [0.15, 0.2) is 12.2 Å². The molecule has 4 saturated carbocycles. The number of nitrogens with one attached hydrogen (secondary N) is 1. The van der Waals surface area contributed by atoms with Crippen molar-refractivity contribution in [3.05, 3.63) is 12.2 Å². The summed E-state index contributed by atoms with van der Waals surface area (Å²) in [5, 5.41) is 3.45. The minimum absolute atomic E-state index is 0.113. The Balaban J connectivity index is 1.39. The third-order valence-corrected chi connectivity index (χ3v) is 9.39. The minimum atomic E-state index is 0.113. The number of hydrogen-bond donors (Lipinski definition) is 1. The second-order valence-electron chi connectivity index (χ2n) is 10.6. The molecule has 5 aliphatic rings. The van der Waals surface area contributed by atoms with E-state index in [0.29, 0.717) is 29.8 Å². The smallest absolute Gasteiger partial charge is 0.246 e. The molecule has 4 nitrogen and oxygen atoms in total. The molecule has 4 fully saturated rings. The van der Waals surface area contributed by atoms with E-state index < -0.39 is 0 Å². The third kappa shape index (κ3) is 2.47. The Kier molecular flexibility index (Phi) is 3.84. The summed E-state index contributed by atoms with van der Waals surface area (Å²) in [6, 6.07) is 0.723. The summed E-state index contributed by atoms with van der Waals surface area (Å²) >= 11 is 0. The van der Waals surface area contributed by atoms with E-state index in [-0.39, 0.29) is 16.7 Å². The molecule has 7 atom stereocenters. The molecule has 0 bridgehead atoms. The average molecular weight is 371 g/mol. The van der Waals surface area contributed by atoms with Crippen molar-refractivity contribution in [1.29, 1.82) is 0 Å². The van der Waals surface area contributed by atoms with Crippen LogP contribution in [0.25, 0.3) is 0 Å². The van der Waals surface area contributed by atoms with Crippen molar-refractivity contribution in [3.8, 4) is 0 Å². The lowest BCUT2D eigenvalue weighted by Crippen LogP contribution is -2.60. The van der Waals surface area contributed by atoms with Crippen LogP contribution in [-0.2, 0) is 9.59 Å². The Morgan fingerprint density at radius 1 is 1.07 bits per heavy atom. The number of carbonyl (C=O) groups is 2. The van der Waals surface area contributed by atoms with Gasteiger partial charge in [0.15, 0.2) is 0 Å². The molecule has 0 aromatic rings. The van der Waals surface area contributed by atoms with E-state index in [4.69, 9.17) is 0 Å². The Morgan fingerprint density at radius 2 is 1.85 bits per heavy atom. The van der Waals surface area contributed by atoms with E-state index in [2.05, 4.69) is 25.2 Å². The lowest BCUT2D eigenvalue weighted by Gasteiger charge is -2.60. The zero-order valence-corrected chi connectivity index (χ0v) is 17.0. The van der Waals surface area contributed by atoms with Gasteiger partial charge in [-0.25, -0.2) is 0 Å². The van der Waals surface area contributed by atoms with Crippen LogP contribution in [0.5, 0.6) is 0 Å². The van der Waals surface area contributed by atoms with Crippen LogP contribution < -0.4 is 5.32 Å². The molecule has 1 aliphatic heterocycles. The number of likely N-dealkylation sites (N-methyl/N-ethyl adjacent to an activating group) is 1. The van der Waals surface area contributed by atoms with Crippen LogP contribution in [0.4, 0.5) is 0 Å². The normalized spacial score (nSPS) is 48.6. The van der Waals surface area contributed by atoms with Crippen molar-refractivity contribution in [2.75, 3.05) is 7.05 Å². The molecule has 5 rings (SSSR count). The number of fused-ring (bicyclic) bond motifs is 5. The van der Waals surface area contributed by atoms with Crippen molar-refractivity contribution >= 4 is 11.8 Å². The lowest BCUT2D eigenvalue weighted by atomic mass is 9.48. The van der Waals surface area contributed by atoms with Crippen LogP contribution in [0.1, 0.15) is 65.2 Å². The molecule has 27 heavy (non-hydrogen) atoms. The van der Waals surface area contributed by atoms with Gasteiger partial charge in [0.05, 0.1) is 0 Å². The SMILES string of the molecule is CN1C(=O)C=C[C@]2(C)[C@H]3CC[C@]4(C)[C@@H](NC(=O)C5CC5)CC[C@H]4[C@@H]3CC[C@@H]12. The average Bonchev–Trinajstić information content (AvgIpc) is 3.43. The molecular weight excluding hydrogens is 336 g/mol. The van der Waals surface area contributed by atoms with E-state index in [1.54, 1.807) is 0 Å². The first-order chi connectivity index (χ1) is 12.8. The molecule has 0 aromatic carbocycles. The molecule has 4 heteroatoms. The summed E-state index contributed by atoms with van der Waals surface area (Å²) in [6.45, 7) is 4.86.